The van der Waals surface area contributed by atoms with Crippen molar-refractivity contribution in [2.45, 2.75) is 46.7 Å². The lowest BCUT2D eigenvalue weighted by molar-refractivity contribution is -0.114. The van der Waals surface area contributed by atoms with Gasteiger partial charge in [-0.15, -0.1) is 0 Å². The fraction of sp³-hybridized carbons (Fsp3) is 0.478. The Bertz CT molecular complexity index is 1120. The van der Waals surface area contributed by atoms with E-state index in [1.807, 2.05) is 32.6 Å². The largest absolute Gasteiger partial charge is 0.354 e. The third-order valence-corrected chi connectivity index (χ3v) is 5.50. The van der Waals surface area contributed by atoms with Crippen molar-refractivity contribution in [2.24, 2.45) is 0 Å². The zero-order chi connectivity index (χ0) is 23.6. The van der Waals surface area contributed by atoms with Crippen LogP contribution >= 0.6 is 0 Å². The first-order valence-corrected chi connectivity index (χ1v) is 10.9. The Hall–Kier alpha value is -3.36. The highest BCUT2D eigenvalue weighted by Crippen LogP contribution is 2.20. The average Bonchev–Trinajstić information content (AvgIpc) is 2.72. The van der Waals surface area contributed by atoms with Crippen LogP contribution in [-0.4, -0.2) is 52.0 Å². The summed E-state index contributed by atoms with van der Waals surface area (Å²) in [5, 5.41) is 2.69. The molecule has 1 aromatic heterocycles. The molecule has 0 aliphatic carbocycles. The quantitative estimate of drug-likeness (QED) is 0.767. The number of carbonyl (C=O) groups is 2. The first-order valence-electron chi connectivity index (χ1n) is 10.9. The topological polar surface area (TPSA) is 96.7 Å². The highest BCUT2D eigenvalue weighted by atomic mass is 16.2. The van der Waals surface area contributed by atoms with Gasteiger partial charge in [0, 0.05) is 62.5 Å². The summed E-state index contributed by atoms with van der Waals surface area (Å²) < 4.78 is 2.92. The van der Waals surface area contributed by atoms with E-state index in [0.717, 1.165) is 0 Å². The van der Waals surface area contributed by atoms with Gasteiger partial charge in [0.1, 0.15) is 5.82 Å². The maximum atomic E-state index is 13.0. The molecule has 0 atom stereocenters. The van der Waals surface area contributed by atoms with Crippen LogP contribution in [0.5, 0.6) is 0 Å². The highest BCUT2D eigenvalue weighted by molar-refractivity contribution is 5.97. The Morgan fingerprint density at radius 1 is 0.906 bits per heavy atom. The van der Waals surface area contributed by atoms with Gasteiger partial charge in [0.25, 0.3) is 11.5 Å². The second kappa shape index (κ2) is 9.42. The first kappa shape index (κ1) is 23.3. The van der Waals surface area contributed by atoms with Crippen LogP contribution in [0, 0.1) is 0 Å². The molecule has 0 unspecified atom stereocenters. The lowest BCUT2D eigenvalue weighted by Crippen LogP contribution is -2.51. The summed E-state index contributed by atoms with van der Waals surface area (Å²) in [5.74, 6) is 0.277. The van der Waals surface area contributed by atoms with Gasteiger partial charge in [-0.25, -0.2) is 4.79 Å². The van der Waals surface area contributed by atoms with E-state index < -0.39 is 0 Å². The molecule has 0 radical (unpaired) electrons. The van der Waals surface area contributed by atoms with Gasteiger partial charge < -0.3 is 15.1 Å². The molecule has 3 rings (SSSR count). The van der Waals surface area contributed by atoms with E-state index in [0.29, 0.717) is 43.2 Å². The molecule has 1 fully saturated rings. The molecule has 172 valence electrons. The molecule has 1 N–H and O–H groups in total. The number of piperazine rings is 1. The smallest absolute Gasteiger partial charge is 0.333 e. The normalized spacial score (nSPS) is 14.2. The van der Waals surface area contributed by atoms with Gasteiger partial charge in [0.15, 0.2) is 0 Å². The summed E-state index contributed by atoms with van der Waals surface area (Å²) in [7, 11) is 0. The van der Waals surface area contributed by atoms with Crippen LogP contribution in [0.4, 0.5) is 11.5 Å². The fourth-order valence-corrected chi connectivity index (χ4v) is 4.02. The lowest BCUT2D eigenvalue weighted by Gasteiger charge is -2.37. The van der Waals surface area contributed by atoms with Crippen molar-refractivity contribution in [3.8, 4) is 0 Å². The van der Waals surface area contributed by atoms with Crippen LogP contribution < -0.4 is 21.5 Å². The number of nitrogens with one attached hydrogen (secondary N) is 1. The Kier molecular flexibility index (Phi) is 6.86. The van der Waals surface area contributed by atoms with Crippen molar-refractivity contribution in [3.63, 3.8) is 0 Å². The van der Waals surface area contributed by atoms with Crippen molar-refractivity contribution in [1.82, 2.24) is 14.0 Å². The van der Waals surface area contributed by atoms with Gasteiger partial charge in [-0.1, -0.05) is 6.07 Å². The molecule has 1 aliphatic rings. The third-order valence-electron chi connectivity index (χ3n) is 5.50. The van der Waals surface area contributed by atoms with E-state index in [1.165, 1.54) is 17.6 Å². The number of anilines is 2. The Balaban J connectivity index is 1.80. The average molecular weight is 442 g/mol. The number of carbonyl (C=O) groups excluding carboxylic acids is 2. The second-order valence-corrected chi connectivity index (χ2v) is 8.59. The highest BCUT2D eigenvalue weighted by Gasteiger charge is 2.26. The third kappa shape index (κ3) is 4.76. The molecule has 9 nitrogen and oxygen atoms in total. The van der Waals surface area contributed by atoms with E-state index in [-0.39, 0.29) is 35.1 Å². The Morgan fingerprint density at radius 3 is 2.09 bits per heavy atom. The Morgan fingerprint density at radius 2 is 1.53 bits per heavy atom. The fourth-order valence-electron chi connectivity index (χ4n) is 4.02. The Labute approximate surface area is 187 Å². The van der Waals surface area contributed by atoms with E-state index in [1.54, 1.807) is 33.7 Å². The van der Waals surface area contributed by atoms with Gasteiger partial charge in [0.2, 0.25) is 5.91 Å². The molecular formula is C23H31N5O4. The number of rotatable bonds is 5. The second-order valence-electron chi connectivity index (χ2n) is 8.59. The summed E-state index contributed by atoms with van der Waals surface area (Å²) in [4.78, 5) is 53.6. The van der Waals surface area contributed by atoms with Crippen LogP contribution in [0.2, 0.25) is 0 Å². The molecule has 0 spiro atoms. The zero-order valence-corrected chi connectivity index (χ0v) is 19.3. The minimum Gasteiger partial charge on any atom is -0.354 e. The molecule has 1 aromatic carbocycles. The summed E-state index contributed by atoms with van der Waals surface area (Å²) in [6.07, 6.45) is 0. The SMILES string of the molecule is CC(=O)Nc1cccc(C(=O)N2CCN(c3cc(=O)n(C(C)C)c(=O)n3C(C)C)CC2)c1. The minimum absolute atomic E-state index is 0.112. The van der Waals surface area contributed by atoms with Crippen LogP contribution in [0.15, 0.2) is 39.9 Å². The molecular weight excluding hydrogens is 410 g/mol. The zero-order valence-electron chi connectivity index (χ0n) is 19.3. The molecule has 0 saturated carbocycles. The van der Waals surface area contributed by atoms with Crippen LogP contribution in [-0.2, 0) is 4.79 Å². The number of hydrogen-bond acceptors (Lipinski definition) is 5. The van der Waals surface area contributed by atoms with E-state index in [2.05, 4.69) is 5.32 Å². The number of amides is 2. The molecule has 0 bridgehead atoms. The predicted octanol–water partition coefficient (Wildman–Crippen LogP) is 2.09. The molecule has 32 heavy (non-hydrogen) atoms. The summed E-state index contributed by atoms with van der Waals surface area (Å²) >= 11 is 0. The van der Waals surface area contributed by atoms with Crippen molar-refractivity contribution in [2.75, 3.05) is 36.4 Å². The monoisotopic (exact) mass is 441 g/mol. The van der Waals surface area contributed by atoms with Gasteiger partial charge in [-0.2, -0.15) is 0 Å². The van der Waals surface area contributed by atoms with E-state index in [4.69, 9.17) is 0 Å². The van der Waals surface area contributed by atoms with Crippen LogP contribution in [0.1, 0.15) is 57.1 Å². The van der Waals surface area contributed by atoms with Crippen LogP contribution in [0.25, 0.3) is 0 Å². The number of benzene rings is 1. The molecule has 2 amide bonds. The molecule has 2 aromatic rings. The summed E-state index contributed by atoms with van der Waals surface area (Å²) in [5.41, 5.74) is 0.452. The number of aromatic nitrogens is 2. The van der Waals surface area contributed by atoms with Gasteiger partial charge in [-0.3, -0.25) is 23.5 Å². The number of hydrogen-bond donors (Lipinski definition) is 1. The summed E-state index contributed by atoms with van der Waals surface area (Å²) in [6.45, 7) is 10.8. The van der Waals surface area contributed by atoms with Crippen molar-refractivity contribution in [3.05, 3.63) is 56.7 Å². The standard InChI is InChI=1S/C23H31N5O4/c1-15(2)27-20(14-21(30)28(16(3)4)23(27)32)25-9-11-26(12-10-25)22(31)18-7-6-8-19(13-18)24-17(5)29/h6-8,13-16H,9-12H2,1-5H3,(H,24,29). The minimum atomic E-state index is -0.315. The van der Waals surface area contributed by atoms with E-state index in [9.17, 15) is 19.2 Å². The maximum absolute atomic E-state index is 13.0. The predicted molar refractivity (Wildman–Crippen MR) is 125 cm³/mol. The molecule has 2 heterocycles. The lowest BCUT2D eigenvalue weighted by atomic mass is 10.1. The number of nitrogens with zero attached hydrogens (tertiary/aromatic N) is 4. The molecule has 1 saturated heterocycles. The van der Waals surface area contributed by atoms with Gasteiger partial charge in [-0.05, 0) is 45.9 Å². The first-order chi connectivity index (χ1) is 15.1. The van der Waals surface area contributed by atoms with Crippen molar-refractivity contribution in [1.29, 1.82) is 0 Å². The van der Waals surface area contributed by atoms with Gasteiger partial charge in [0.05, 0.1) is 0 Å². The van der Waals surface area contributed by atoms with Gasteiger partial charge >= 0.3 is 5.69 Å². The van der Waals surface area contributed by atoms with E-state index >= 15 is 0 Å². The van der Waals surface area contributed by atoms with Crippen molar-refractivity contribution >= 4 is 23.3 Å². The van der Waals surface area contributed by atoms with Crippen LogP contribution in [0.3, 0.4) is 0 Å². The van der Waals surface area contributed by atoms with Crippen molar-refractivity contribution < 1.29 is 9.59 Å². The maximum Gasteiger partial charge on any atom is 0.333 e. The molecule has 1 aliphatic heterocycles. The summed E-state index contributed by atoms with van der Waals surface area (Å²) in [6, 6.07) is 8.05. The molecule has 9 heteroatoms.